The van der Waals surface area contributed by atoms with Gasteiger partial charge in [-0.05, 0) is 51.4 Å². The maximum atomic E-state index is 12.7. The molecule has 11 heteroatoms. The van der Waals surface area contributed by atoms with E-state index in [9.17, 15) is 24.2 Å². The number of phosphoric acid groups is 1. The Morgan fingerprint density at radius 2 is 0.825 bits per heavy atom. The van der Waals surface area contributed by atoms with Gasteiger partial charge in [-0.3, -0.25) is 18.6 Å². The van der Waals surface area contributed by atoms with Crippen LogP contribution in [0.4, 0.5) is 0 Å². The Bertz CT molecular complexity index is 1140. The highest BCUT2D eigenvalue weighted by Gasteiger charge is 2.27. The Morgan fingerprint density at radius 3 is 1.27 bits per heavy atom. The number of aliphatic hydroxyl groups is 2. The van der Waals surface area contributed by atoms with Gasteiger partial charge in [-0.1, -0.05) is 217 Å². The van der Waals surface area contributed by atoms with Crippen molar-refractivity contribution in [1.29, 1.82) is 0 Å². The van der Waals surface area contributed by atoms with Crippen LogP contribution in [0.5, 0.6) is 0 Å². The van der Waals surface area contributed by atoms with Crippen LogP contribution in [0, 0.1) is 0 Å². The zero-order chi connectivity index (χ0) is 46.2. The number of hydrogen-bond acceptors (Lipinski definition) is 9. The minimum absolute atomic E-state index is 0.171. The van der Waals surface area contributed by atoms with E-state index in [4.69, 9.17) is 23.6 Å². The quantitative estimate of drug-likeness (QED) is 0.0233. The van der Waals surface area contributed by atoms with Gasteiger partial charge >= 0.3 is 19.8 Å². The van der Waals surface area contributed by atoms with Crippen molar-refractivity contribution in [1.82, 2.24) is 0 Å². The van der Waals surface area contributed by atoms with Crippen molar-refractivity contribution in [3.8, 4) is 0 Å². The molecule has 0 amide bonds. The van der Waals surface area contributed by atoms with E-state index >= 15 is 0 Å². The number of hydrogen-bond donors (Lipinski definition) is 3. The molecule has 0 aliphatic carbocycles. The summed E-state index contributed by atoms with van der Waals surface area (Å²) in [5.41, 5.74) is 0. The normalized spacial score (nSPS) is 13.9. The van der Waals surface area contributed by atoms with Gasteiger partial charge < -0.3 is 24.6 Å². The number of carbonyl (C=O) groups is 2. The molecule has 63 heavy (non-hydrogen) atoms. The van der Waals surface area contributed by atoms with E-state index in [1.807, 2.05) is 0 Å². The van der Waals surface area contributed by atoms with Crippen LogP contribution in [0.3, 0.4) is 0 Å². The first kappa shape index (κ1) is 61.2. The fourth-order valence-corrected chi connectivity index (χ4v) is 8.09. The number of unbranched alkanes of at least 4 members (excludes halogenated alkanes) is 29. The summed E-state index contributed by atoms with van der Waals surface area (Å²) in [6.45, 7) is 2.38. The molecule has 0 saturated heterocycles. The number of rotatable bonds is 49. The smallest absolute Gasteiger partial charge is 0.462 e. The lowest BCUT2D eigenvalue weighted by Crippen LogP contribution is -2.29. The van der Waals surface area contributed by atoms with Crippen molar-refractivity contribution in [2.75, 3.05) is 26.4 Å². The zero-order valence-electron chi connectivity index (χ0n) is 40.5. The van der Waals surface area contributed by atoms with Crippen molar-refractivity contribution in [2.24, 2.45) is 0 Å². The molecule has 3 unspecified atom stereocenters. The second-order valence-electron chi connectivity index (χ2n) is 17.6. The van der Waals surface area contributed by atoms with Gasteiger partial charge in [-0.15, -0.1) is 0 Å². The molecule has 3 atom stereocenters. The van der Waals surface area contributed by atoms with E-state index in [-0.39, 0.29) is 19.4 Å². The first-order chi connectivity index (χ1) is 30.7. The maximum absolute atomic E-state index is 12.7. The van der Waals surface area contributed by atoms with E-state index in [2.05, 4.69) is 50.3 Å². The second kappa shape index (κ2) is 48.1. The molecule has 0 rings (SSSR count). The fourth-order valence-electron chi connectivity index (χ4n) is 7.30. The summed E-state index contributed by atoms with van der Waals surface area (Å²) >= 11 is 0. The van der Waals surface area contributed by atoms with Gasteiger partial charge in [-0.2, -0.15) is 0 Å². The highest BCUT2D eigenvalue weighted by molar-refractivity contribution is 7.47. The number of aliphatic hydroxyl groups excluding tert-OH is 2. The Hall–Kier alpha value is -1.81. The molecule has 0 aliphatic rings. The lowest BCUT2D eigenvalue weighted by atomic mass is 10.0. The predicted octanol–water partition coefficient (Wildman–Crippen LogP) is 14.7. The largest absolute Gasteiger partial charge is 0.472 e. The average molecular weight is 913 g/mol. The van der Waals surface area contributed by atoms with Crippen molar-refractivity contribution >= 4 is 19.8 Å². The SMILES string of the molecule is CCCCC/C=C\C/C=C\C/C=C\CCCCCCCCC(=O)OC(COC(=O)CCCCCCCCCCCCCCCCCCCCCCC)COP(=O)(O)OCC(O)CO. The summed E-state index contributed by atoms with van der Waals surface area (Å²) in [5, 5.41) is 18.4. The molecule has 0 aromatic rings. The van der Waals surface area contributed by atoms with Gasteiger partial charge in [-0.25, -0.2) is 4.57 Å². The molecule has 3 N–H and O–H groups in total. The Kier molecular flexibility index (Phi) is 46.7. The first-order valence-electron chi connectivity index (χ1n) is 25.9. The molecule has 0 aromatic heterocycles. The Morgan fingerprint density at radius 1 is 0.476 bits per heavy atom. The number of allylic oxidation sites excluding steroid dienone is 6. The van der Waals surface area contributed by atoms with Gasteiger partial charge in [0.2, 0.25) is 0 Å². The van der Waals surface area contributed by atoms with Crippen LogP contribution in [-0.4, -0.2) is 65.7 Å². The average Bonchev–Trinajstić information content (AvgIpc) is 3.27. The molecule has 0 bridgehead atoms. The molecule has 10 nitrogen and oxygen atoms in total. The highest BCUT2D eigenvalue weighted by atomic mass is 31.2. The molecular formula is C52H97O10P. The minimum atomic E-state index is -4.63. The molecular weight excluding hydrogens is 816 g/mol. The number of phosphoric ester groups is 1. The van der Waals surface area contributed by atoms with E-state index in [0.717, 1.165) is 70.6 Å². The maximum Gasteiger partial charge on any atom is 0.472 e. The minimum Gasteiger partial charge on any atom is -0.462 e. The van der Waals surface area contributed by atoms with Crippen molar-refractivity contribution in [2.45, 2.75) is 257 Å². The molecule has 0 saturated carbocycles. The highest BCUT2D eigenvalue weighted by Crippen LogP contribution is 2.43. The molecule has 0 heterocycles. The number of carbonyl (C=O) groups excluding carboxylic acids is 2. The van der Waals surface area contributed by atoms with Gasteiger partial charge in [0.15, 0.2) is 6.10 Å². The third kappa shape index (κ3) is 48.0. The van der Waals surface area contributed by atoms with E-state index in [1.165, 1.54) is 135 Å². The van der Waals surface area contributed by atoms with Crippen LogP contribution in [0.25, 0.3) is 0 Å². The van der Waals surface area contributed by atoms with Gasteiger partial charge in [0.05, 0.1) is 19.8 Å². The first-order valence-corrected chi connectivity index (χ1v) is 27.4. The van der Waals surface area contributed by atoms with Crippen LogP contribution in [0.15, 0.2) is 36.5 Å². The predicted molar refractivity (Wildman–Crippen MR) is 261 cm³/mol. The van der Waals surface area contributed by atoms with Gasteiger partial charge in [0.25, 0.3) is 0 Å². The summed E-state index contributed by atoms with van der Waals surface area (Å²) in [5.74, 6) is -0.928. The Labute approximate surface area is 386 Å². The van der Waals surface area contributed by atoms with E-state index < -0.39 is 51.8 Å². The molecule has 0 aliphatic heterocycles. The zero-order valence-corrected chi connectivity index (χ0v) is 41.4. The lowest BCUT2D eigenvalue weighted by Gasteiger charge is -2.20. The van der Waals surface area contributed by atoms with Crippen LogP contribution in [0.1, 0.15) is 245 Å². The second-order valence-corrected chi connectivity index (χ2v) is 19.0. The van der Waals surface area contributed by atoms with Gasteiger partial charge in [0.1, 0.15) is 12.7 Å². The van der Waals surface area contributed by atoms with Crippen molar-refractivity contribution in [3.05, 3.63) is 36.5 Å². The van der Waals surface area contributed by atoms with Gasteiger partial charge in [0, 0.05) is 12.8 Å². The molecule has 0 fully saturated rings. The lowest BCUT2D eigenvalue weighted by molar-refractivity contribution is -0.161. The van der Waals surface area contributed by atoms with Crippen molar-refractivity contribution in [3.63, 3.8) is 0 Å². The van der Waals surface area contributed by atoms with Crippen molar-refractivity contribution < 1.29 is 47.8 Å². The summed E-state index contributed by atoms with van der Waals surface area (Å²) < 4.78 is 32.9. The topological polar surface area (TPSA) is 149 Å². The summed E-state index contributed by atoms with van der Waals surface area (Å²) in [7, 11) is -4.63. The Balaban J connectivity index is 4.17. The molecule has 0 spiro atoms. The molecule has 370 valence electrons. The van der Waals surface area contributed by atoms with Crippen LogP contribution in [-0.2, 0) is 32.7 Å². The standard InChI is InChI=1S/C52H97O10P/c1-3-5-7-9-11-13-15-17-19-21-23-24-26-27-29-31-33-35-37-39-41-43-51(55)59-47-50(48-61-63(57,58)60-46-49(54)45-53)62-52(56)44-42-40-38-36-34-32-30-28-25-22-20-18-16-14-12-10-8-6-4-2/h12,14,18,20,25,28,49-50,53-54H,3-11,13,15-17,19,21-24,26-27,29-48H2,1-2H3,(H,57,58)/b14-12-,20-18-,28-25-. The van der Waals surface area contributed by atoms with Crippen LogP contribution >= 0.6 is 7.82 Å². The van der Waals surface area contributed by atoms with Crippen LogP contribution in [0.2, 0.25) is 0 Å². The number of ether oxygens (including phenoxy) is 2. The summed E-state index contributed by atoms with van der Waals surface area (Å²) in [4.78, 5) is 35.2. The van der Waals surface area contributed by atoms with Crippen LogP contribution < -0.4 is 0 Å². The number of esters is 2. The summed E-state index contributed by atoms with van der Waals surface area (Å²) in [6, 6.07) is 0. The molecule has 0 aromatic carbocycles. The third-order valence-corrected chi connectivity index (χ3v) is 12.2. The monoisotopic (exact) mass is 913 g/mol. The molecule has 0 radical (unpaired) electrons. The fraction of sp³-hybridized carbons (Fsp3) is 0.846. The van der Waals surface area contributed by atoms with E-state index in [0.29, 0.717) is 12.8 Å². The van der Waals surface area contributed by atoms with E-state index in [1.54, 1.807) is 0 Å². The summed E-state index contributed by atoms with van der Waals surface area (Å²) in [6.07, 6.45) is 52.5. The third-order valence-electron chi connectivity index (χ3n) is 11.3.